The van der Waals surface area contributed by atoms with Crippen molar-refractivity contribution in [3.8, 4) is 0 Å². The summed E-state index contributed by atoms with van der Waals surface area (Å²) in [5.74, 6) is 0. The number of nitrogens with one attached hydrogen (secondary N) is 1. The second-order valence-corrected chi connectivity index (χ2v) is 6.89. The molecule has 1 aromatic heterocycles. The molecule has 1 atom stereocenters. The molecule has 0 spiro atoms. The number of hydrogen-bond donors (Lipinski definition) is 1. The van der Waals surface area contributed by atoms with Gasteiger partial charge >= 0.3 is 0 Å². The summed E-state index contributed by atoms with van der Waals surface area (Å²) in [6.07, 6.45) is 0. The van der Waals surface area contributed by atoms with Gasteiger partial charge in [-0.2, -0.15) is 0 Å². The average molecular weight is 372 g/mol. The number of aryl methyl sites for hydroxylation is 2. The number of nitrogens with zero attached hydrogens (tertiary/aromatic N) is 1. The lowest BCUT2D eigenvalue weighted by molar-refractivity contribution is 0.579. The molecule has 0 aliphatic heterocycles. The summed E-state index contributed by atoms with van der Waals surface area (Å²) in [6, 6.07) is 8.99. The number of halogens is 1. The third-order valence-corrected chi connectivity index (χ3v) is 4.83. The molecule has 2 aromatic rings. The summed E-state index contributed by atoms with van der Waals surface area (Å²) in [7, 11) is 0. The van der Waals surface area contributed by atoms with E-state index >= 15 is 0 Å². The van der Waals surface area contributed by atoms with Crippen LogP contribution in [0.4, 0.5) is 0 Å². The van der Waals surface area contributed by atoms with Crippen LogP contribution in [0.25, 0.3) is 0 Å². The van der Waals surface area contributed by atoms with Crippen molar-refractivity contribution in [1.29, 1.82) is 0 Å². The fraction of sp³-hybridized carbons (Fsp3) is 0.357. The Balaban J connectivity index is 1.98. The van der Waals surface area contributed by atoms with Crippen molar-refractivity contribution in [3.05, 3.63) is 49.0 Å². The minimum absolute atomic E-state index is 0.357. The van der Waals surface area contributed by atoms with Gasteiger partial charge in [0.2, 0.25) is 0 Å². The summed E-state index contributed by atoms with van der Waals surface area (Å²) in [6.45, 7) is 7.25. The third kappa shape index (κ3) is 3.52. The van der Waals surface area contributed by atoms with E-state index in [0.29, 0.717) is 6.04 Å². The van der Waals surface area contributed by atoms with Crippen LogP contribution >= 0.6 is 33.9 Å². The Hall–Kier alpha value is -0.460. The van der Waals surface area contributed by atoms with E-state index in [4.69, 9.17) is 0 Å². The molecule has 0 saturated heterocycles. The van der Waals surface area contributed by atoms with Gasteiger partial charge in [-0.25, -0.2) is 4.98 Å². The Morgan fingerprint density at radius 1 is 1.28 bits per heavy atom. The van der Waals surface area contributed by atoms with Crippen LogP contribution in [0.2, 0.25) is 0 Å². The SMILES string of the molecule is Cc1nc(C)c(C(C)NCc2ccc(I)cc2)s1. The van der Waals surface area contributed by atoms with Crippen molar-refractivity contribution in [3.63, 3.8) is 0 Å². The zero-order chi connectivity index (χ0) is 13.1. The number of aromatic nitrogens is 1. The summed E-state index contributed by atoms with van der Waals surface area (Å²) >= 11 is 4.11. The van der Waals surface area contributed by atoms with Crippen molar-refractivity contribution < 1.29 is 0 Å². The van der Waals surface area contributed by atoms with E-state index in [0.717, 1.165) is 17.2 Å². The summed E-state index contributed by atoms with van der Waals surface area (Å²) in [4.78, 5) is 5.82. The zero-order valence-corrected chi connectivity index (χ0v) is 13.8. The zero-order valence-electron chi connectivity index (χ0n) is 10.8. The third-order valence-electron chi connectivity index (χ3n) is 2.86. The first-order valence-corrected chi connectivity index (χ1v) is 7.87. The smallest absolute Gasteiger partial charge is 0.0900 e. The van der Waals surface area contributed by atoms with Gasteiger partial charge in [-0.3, -0.25) is 0 Å². The van der Waals surface area contributed by atoms with Crippen LogP contribution in [0, 0.1) is 17.4 Å². The van der Waals surface area contributed by atoms with Crippen LogP contribution in [-0.4, -0.2) is 4.98 Å². The Morgan fingerprint density at radius 2 is 1.94 bits per heavy atom. The molecule has 96 valence electrons. The van der Waals surface area contributed by atoms with Gasteiger partial charge in [0.1, 0.15) is 0 Å². The van der Waals surface area contributed by atoms with Crippen molar-refractivity contribution in [2.24, 2.45) is 0 Å². The molecule has 2 nitrogen and oxygen atoms in total. The number of hydrogen-bond acceptors (Lipinski definition) is 3. The van der Waals surface area contributed by atoms with Gasteiger partial charge in [-0.15, -0.1) is 11.3 Å². The van der Waals surface area contributed by atoms with E-state index in [1.165, 1.54) is 14.0 Å². The van der Waals surface area contributed by atoms with Gasteiger partial charge < -0.3 is 5.32 Å². The van der Waals surface area contributed by atoms with Crippen LogP contribution < -0.4 is 5.32 Å². The van der Waals surface area contributed by atoms with E-state index in [-0.39, 0.29) is 0 Å². The Bertz CT molecular complexity index is 519. The van der Waals surface area contributed by atoms with Crippen LogP contribution in [-0.2, 0) is 6.54 Å². The molecule has 0 aliphatic carbocycles. The fourth-order valence-electron chi connectivity index (χ4n) is 1.91. The first-order chi connectivity index (χ1) is 8.56. The maximum absolute atomic E-state index is 4.48. The summed E-state index contributed by atoms with van der Waals surface area (Å²) in [5, 5.41) is 4.70. The standard InChI is InChI=1S/C14H17IN2S/c1-9(14-10(2)17-11(3)18-14)16-8-12-4-6-13(15)7-5-12/h4-7,9,16H,8H2,1-3H3. The number of benzene rings is 1. The predicted octanol–water partition coefficient (Wildman–Crippen LogP) is 4.22. The Labute approximate surface area is 126 Å². The minimum atomic E-state index is 0.357. The van der Waals surface area contributed by atoms with E-state index in [9.17, 15) is 0 Å². The number of rotatable bonds is 4. The van der Waals surface area contributed by atoms with Gasteiger partial charge in [0.05, 0.1) is 10.7 Å². The topological polar surface area (TPSA) is 24.9 Å². The van der Waals surface area contributed by atoms with E-state index in [1.54, 1.807) is 11.3 Å². The minimum Gasteiger partial charge on any atom is -0.305 e. The monoisotopic (exact) mass is 372 g/mol. The predicted molar refractivity (Wildman–Crippen MR) is 86.0 cm³/mol. The molecule has 18 heavy (non-hydrogen) atoms. The highest BCUT2D eigenvalue weighted by Crippen LogP contribution is 2.24. The van der Waals surface area contributed by atoms with E-state index in [1.807, 2.05) is 0 Å². The van der Waals surface area contributed by atoms with E-state index in [2.05, 4.69) is 77.9 Å². The lowest BCUT2D eigenvalue weighted by atomic mass is 10.2. The quantitative estimate of drug-likeness (QED) is 0.814. The van der Waals surface area contributed by atoms with Gasteiger partial charge in [-0.05, 0) is 61.1 Å². The van der Waals surface area contributed by atoms with Gasteiger partial charge in [-0.1, -0.05) is 12.1 Å². The molecule has 4 heteroatoms. The van der Waals surface area contributed by atoms with Crippen LogP contribution in [0.3, 0.4) is 0 Å². The maximum atomic E-state index is 4.48. The highest BCUT2D eigenvalue weighted by Gasteiger charge is 2.12. The molecule has 1 heterocycles. The molecule has 0 radical (unpaired) electrons. The first-order valence-electron chi connectivity index (χ1n) is 5.98. The first kappa shape index (κ1) is 14.0. The maximum Gasteiger partial charge on any atom is 0.0900 e. The average Bonchev–Trinajstić information content (AvgIpc) is 2.67. The molecular formula is C14H17IN2S. The van der Waals surface area contributed by atoms with Crippen molar-refractivity contribution >= 4 is 33.9 Å². The summed E-state index contributed by atoms with van der Waals surface area (Å²) in [5.41, 5.74) is 2.47. The Kier molecular flexibility index (Phi) is 4.75. The molecular weight excluding hydrogens is 355 g/mol. The van der Waals surface area contributed by atoms with Gasteiger partial charge in [0, 0.05) is 21.0 Å². The van der Waals surface area contributed by atoms with E-state index < -0.39 is 0 Å². The van der Waals surface area contributed by atoms with Crippen LogP contribution in [0.5, 0.6) is 0 Å². The molecule has 1 N–H and O–H groups in total. The molecule has 1 aromatic carbocycles. The molecule has 0 fully saturated rings. The number of thiazole rings is 1. The summed E-state index contributed by atoms with van der Waals surface area (Å²) < 4.78 is 1.28. The molecule has 0 bridgehead atoms. The second-order valence-electron chi connectivity index (χ2n) is 4.41. The fourth-order valence-corrected chi connectivity index (χ4v) is 3.23. The van der Waals surface area contributed by atoms with Crippen molar-refractivity contribution in [2.75, 3.05) is 0 Å². The lowest BCUT2D eigenvalue weighted by Gasteiger charge is -2.12. The highest BCUT2D eigenvalue weighted by molar-refractivity contribution is 14.1. The largest absolute Gasteiger partial charge is 0.305 e. The van der Waals surface area contributed by atoms with Crippen molar-refractivity contribution in [2.45, 2.75) is 33.4 Å². The van der Waals surface area contributed by atoms with Crippen molar-refractivity contribution in [1.82, 2.24) is 10.3 Å². The molecule has 0 saturated carbocycles. The highest BCUT2D eigenvalue weighted by atomic mass is 127. The molecule has 2 rings (SSSR count). The van der Waals surface area contributed by atoms with Crippen LogP contribution in [0.15, 0.2) is 24.3 Å². The molecule has 0 aliphatic rings. The lowest BCUT2D eigenvalue weighted by Crippen LogP contribution is -2.17. The molecule has 1 unspecified atom stereocenters. The molecule has 0 amide bonds. The Morgan fingerprint density at radius 3 is 2.50 bits per heavy atom. The van der Waals surface area contributed by atoms with Gasteiger partial charge in [0.25, 0.3) is 0 Å². The van der Waals surface area contributed by atoms with Crippen LogP contribution in [0.1, 0.15) is 34.1 Å². The van der Waals surface area contributed by atoms with Gasteiger partial charge in [0.15, 0.2) is 0 Å². The normalized spacial score (nSPS) is 12.7. The second kappa shape index (κ2) is 6.12.